The fourth-order valence-electron chi connectivity index (χ4n) is 2.88. The fourth-order valence-corrected chi connectivity index (χ4v) is 2.88. The largest absolute Gasteiger partial charge is 0.493 e. The molecule has 3 rings (SSSR count). The van der Waals surface area contributed by atoms with Crippen molar-refractivity contribution >= 4 is 0 Å². The number of benzene rings is 1. The van der Waals surface area contributed by atoms with Gasteiger partial charge >= 0.3 is 0 Å². The number of aliphatic hydroxyl groups excluding tert-OH is 1. The normalized spacial score (nSPS) is 15.9. The molecule has 0 saturated carbocycles. The molecule has 1 aliphatic rings. The summed E-state index contributed by atoms with van der Waals surface area (Å²) in [4.78, 5) is 3.98. The van der Waals surface area contributed by atoms with Crippen LogP contribution < -0.4 is 10.1 Å². The van der Waals surface area contributed by atoms with E-state index >= 15 is 0 Å². The van der Waals surface area contributed by atoms with Crippen molar-refractivity contribution in [2.24, 2.45) is 0 Å². The van der Waals surface area contributed by atoms with E-state index in [4.69, 9.17) is 4.74 Å². The van der Waals surface area contributed by atoms with Gasteiger partial charge in [-0.25, -0.2) is 0 Å². The Hall–Kier alpha value is -1.91. The van der Waals surface area contributed by atoms with Crippen LogP contribution in [0.5, 0.6) is 5.75 Å². The number of rotatable bonds is 6. The summed E-state index contributed by atoms with van der Waals surface area (Å²) in [7, 11) is 0. The molecule has 1 aromatic carbocycles. The molecule has 2 atom stereocenters. The minimum Gasteiger partial charge on any atom is -0.493 e. The van der Waals surface area contributed by atoms with E-state index in [1.165, 1.54) is 11.1 Å². The maximum atomic E-state index is 10.3. The molecule has 0 radical (unpaired) electrons. The van der Waals surface area contributed by atoms with Gasteiger partial charge < -0.3 is 15.2 Å². The molecule has 0 fully saturated rings. The Morgan fingerprint density at radius 1 is 1.23 bits per heavy atom. The fraction of sp³-hybridized carbons (Fsp3) is 0.389. The summed E-state index contributed by atoms with van der Waals surface area (Å²) < 4.78 is 5.56. The van der Waals surface area contributed by atoms with Gasteiger partial charge in [0, 0.05) is 31.4 Å². The van der Waals surface area contributed by atoms with Gasteiger partial charge in [-0.3, -0.25) is 4.98 Å². The summed E-state index contributed by atoms with van der Waals surface area (Å²) in [6, 6.07) is 10.3. The number of aliphatic hydroxyl groups is 1. The molecule has 2 unspecified atom stereocenters. The van der Waals surface area contributed by atoms with E-state index < -0.39 is 6.10 Å². The number of fused-ring (bicyclic) bond motifs is 1. The minimum atomic E-state index is -0.519. The summed E-state index contributed by atoms with van der Waals surface area (Å²) in [5.41, 5.74) is 3.43. The smallest absolute Gasteiger partial charge is 0.122 e. The predicted octanol–water partition coefficient (Wildman–Crippen LogP) is 2.79. The number of hydrogen-bond donors (Lipinski definition) is 2. The maximum Gasteiger partial charge on any atom is 0.122 e. The molecule has 2 aromatic rings. The quantitative estimate of drug-likeness (QED) is 0.861. The molecule has 2 N–H and O–H groups in total. The first-order valence-electron chi connectivity index (χ1n) is 7.85. The second-order valence-electron chi connectivity index (χ2n) is 5.63. The molecule has 2 heterocycles. The molecule has 0 aliphatic carbocycles. The average Bonchev–Trinajstić information content (AvgIpc) is 3.04. The lowest BCUT2D eigenvalue weighted by Gasteiger charge is -2.20. The van der Waals surface area contributed by atoms with E-state index in [0.29, 0.717) is 6.54 Å². The van der Waals surface area contributed by atoms with Crippen molar-refractivity contribution in [3.63, 3.8) is 0 Å². The topological polar surface area (TPSA) is 54.4 Å². The van der Waals surface area contributed by atoms with Crippen molar-refractivity contribution in [2.75, 3.05) is 13.2 Å². The highest BCUT2D eigenvalue weighted by molar-refractivity contribution is 5.40. The van der Waals surface area contributed by atoms with Crippen molar-refractivity contribution in [2.45, 2.75) is 31.9 Å². The summed E-state index contributed by atoms with van der Waals surface area (Å²) in [6.45, 7) is 3.46. The van der Waals surface area contributed by atoms with Gasteiger partial charge in [-0.1, -0.05) is 19.1 Å². The van der Waals surface area contributed by atoms with Crippen LogP contribution in [0.1, 0.15) is 42.2 Å². The number of nitrogens with zero attached hydrogens (tertiary/aromatic N) is 1. The van der Waals surface area contributed by atoms with E-state index in [1.807, 2.05) is 12.1 Å². The van der Waals surface area contributed by atoms with Gasteiger partial charge in [0.1, 0.15) is 5.75 Å². The van der Waals surface area contributed by atoms with Crippen LogP contribution in [0.25, 0.3) is 0 Å². The molecular weight excluding hydrogens is 276 g/mol. The van der Waals surface area contributed by atoms with Crippen LogP contribution in [0.2, 0.25) is 0 Å². The molecule has 0 saturated heterocycles. The number of nitrogens with one attached hydrogen (secondary N) is 1. The summed E-state index contributed by atoms with van der Waals surface area (Å²) >= 11 is 0. The summed E-state index contributed by atoms with van der Waals surface area (Å²) in [6.07, 6.45) is 4.85. The Morgan fingerprint density at radius 2 is 2.05 bits per heavy atom. The van der Waals surface area contributed by atoms with Crippen molar-refractivity contribution in [1.29, 1.82) is 0 Å². The molecule has 0 spiro atoms. The van der Waals surface area contributed by atoms with Gasteiger partial charge in [0.15, 0.2) is 0 Å². The lowest BCUT2D eigenvalue weighted by Crippen LogP contribution is -2.26. The first-order valence-corrected chi connectivity index (χ1v) is 7.85. The molecular formula is C18H22N2O2. The Labute approximate surface area is 131 Å². The standard InChI is InChI=1S/C18H22N2O2/c1-2-16(14-3-4-18-15(11-14)7-10-22-18)20-12-17(21)13-5-8-19-9-6-13/h3-6,8-9,11,16-17,20-21H,2,7,10,12H2,1H3. The Morgan fingerprint density at radius 3 is 2.82 bits per heavy atom. The van der Waals surface area contributed by atoms with Crippen LogP contribution in [0.15, 0.2) is 42.7 Å². The highest BCUT2D eigenvalue weighted by Gasteiger charge is 2.17. The van der Waals surface area contributed by atoms with Crippen molar-refractivity contribution in [3.8, 4) is 5.75 Å². The Kier molecular flexibility index (Phi) is 4.71. The molecule has 22 heavy (non-hydrogen) atoms. The van der Waals surface area contributed by atoms with E-state index in [2.05, 4.69) is 35.4 Å². The number of hydrogen-bond acceptors (Lipinski definition) is 4. The first kappa shape index (κ1) is 15.0. The van der Waals surface area contributed by atoms with E-state index in [9.17, 15) is 5.11 Å². The molecule has 4 heteroatoms. The molecule has 1 aromatic heterocycles. The average molecular weight is 298 g/mol. The Balaban J connectivity index is 1.65. The van der Waals surface area contributed by atoms with Gasteiger partial charge in [0.05, 0.1) is 12.7 Å². The van der Waals surface area contributed by atoms with E-state index in [0.717, 1.165) is 30.8 Å². The molecule has 0 amide bonds. The monoisotopic (exact) mass is 298 g/mol. The SMILES string of the molecule is CCC(NCC(O)c1ccncc1)c1ccc2c(c1)CCO2. The van der Waals surface area contributed by atoms with Gasteiger partial charge in [-0.05, 0) is 41.3 Å². The molecule has 4 nitrogen and oxygen atoms in total. The summed E-state index contributed by atoms with van der Waals surface area (Å²) in [5.74, 6) is 1.01. The first-order chi connectivity index (χ1) is 10.8. The third-order valence-corrected chi connectivity index (χ3v) is 4.17. The second kappa shape index (κ2) is 6.90. The maximum absolute atomic E-state index is 10.3. The van der Waals surface area contributed by atoms with Crippen molar-refractivity contribution < 1.29 is 9.84 Å². The van der Waals surface area contributed by atoms with Gasteiger partial charge in [0.2, 0.25) is 0 Å². The van der Waals surface area contributed by atoms with Crippen LogP contribution in [-0.4, -0.2) is 23.2 Å². The van der Waals surface area contributed by atoms with Crippen LogP contribution in [0, 0.1) is 0 Å². The highest BCUT2D eigenvalue weighted by Crippen LogP contribution is 2.29. The van der Waals surface area contributed by atoms with Crippen LogP contribution >= 0.6 is 0 Å². The number of pyridine rings is 1. The van der Waals surface area contributed by atoms with Gasteiger partial charge in [0.25, 0.3) is 0 Å². The minimum absolute atomic E-state index is 0.238. The zero-order valence-corrected chi connectivity index (χ0v) is 12.8. The Bertz CT molecular complexity index is 616. The van der Waals surface area contributed by atoms with Crippen LogP contribution in [0.3, 0.4) is 0 Å². The van der Waals surface area contributed by atoms with Crippen LogP contribution in [-0.2, 0) is 6.42 Å². The van der Waals surface area contributed by atoms with Crippen molar-refractivity contribution in [1.82, 2.24) is 10.3 Å². The lowest BCUT2D eigenvalue weighted by molar-refractivity contribution is 0.169. The molecule has 1 aliphatic heterocycles. The summed E-state index contributed by atoms with van der Waals surface area (Å²) in [5, 5.41) is 13.7. The predicted molar refractivity (Wildman–Crippen MR) is 85.9 cm³/mol. The van der Waals surface area contributed by atoms with Gasteiger partial charge in [-0.2, -0.15) is 0 Å². The van der Waals surface area contributed by atoms with E-state index in [1.54, 1.807) is 12.4 Å². The van der Waals surface area contributed by atoms with Gasteiger partial charge in [-0.15, -0.1) is 0 Å². The second-order valence-corrected chi connectivity index (χ2v) is 5.63. The molecule has 0 bridgehead atoms. The zero-order valence-electron chi connectivity index (χ0n) is 12.8. The van der Waals surface area contributed by atoms with E-state index in [-0.39, 0.29) is 6.04 Å². The third kappa shape index (κ3) is 3.29. The van der Waals surface area contributed by atoms with Crippen molar-refractivity contribution in [3.05, 3.63) is 59.4 Å². The third-order valence-electron chi connectivity index (χ3n) is 4.17. The zero-order chi connectivity index (χ0) is 15.4. The molecule has 116 valence electrons. The van der Waals surface area contributed by atoms with Crippen LogP contribution in [0.4, 0.5) is 0 Å². The number of ether oxygens (including phenoxy) is 1. The highest BCUT2D eigenvalue weighted by atomic mass is 16.5. The number of aromatic nitrogens is 1. The lowest BCUT2D eigenvalue weighted by atomic mass is 10.00.